The molecule has 1 fully saturated rings. The second-order valence-corrected chi connectivity index (χ2v) is 7.11. The van der Waals surface area contributed by atoms with E-state index in [-0.39, 0.29) is 12.1 Å². The fourth-order valence-corrected chi connectivity index (χ4v) is 3.89. The van der Waals surface area contributed by atoms with Crippen molar-refractivity contribution in [1.29, 1.82) is 0 Å². The maximum atomic E-state index is 13.3. The topological polar surface area (TPSA) is 61.4 Å². The summed E-state index contributed by atoms with van der Waals surface area (Å²) in [6.07, 6.45) is 5.66. The lowest BCUT2D eigenvalue weighted by molar-refractivity contribution is 0.0975. The molecule has 2 aromatic carbocycles. The number of carbonyl (C=O) groups excluding carboxylic acids is 1. The number of rotatable bonds is 3. The fourth-order valence-electron chi connectivity index (χ4n) is 3.89. The van der Waals surface area contributed by atoms with Gasteiger partial charge in [-0.2, -0.15) is 0 Å². The molecule has 6 nitrogen and oxygen atoms in total. The predicted octanol–water partition coefficient (Wildman–Crippen LogP) is 3.85. The second kappa shape index (κ2) is 6.96. The van der Waals surface area contributed by atoms with Crippen LogP contribution >= 0.6 is 0 Å². The first kappa shape index (κ1) is 16.7. The molecule has 1 atom stereocenters. The van der Waals surface area contributed by atoms with Gasteiger partial charge in [0, 0.05) is 42.4 Å². The minimum atomic E-state index is -0.363. The summed E-state index contributed by atoms with van der Waals surface area (Å²) < 4.78 is 0. The highest BCUT2D eigenvalue weighted by molar-refractivity contribution is 6.12. The summed E-state index contributed by atoms with van der Waals surface area (Å²) >= 11 is 0. The van der Waals surface area contributed by atoms with Crippen LogP contribution in [-0.2, 0) is 0 Å². The Balaban J connectivity index is 1.54. The maximum Gasteiger partial charge on any atom is 0.262 e. The SMILES string of the molecule is O=C1c2ccccc2N[C@H](c2cnc(N3CCCC3)nc2)N1c1ccccc1. The van der Waals surface area contributed by atoms with Crippen LogP contribution in [-0.4, -0.2) is 29.0 Å². The number of nitrogens with one attached hydrogen (secondary N) is 1. The number of amides is 1. The largest absolute Gasteiger partial charge is 0.360 e. The van der Waals surface area contributed by atoms with Crippen molar-refractivity contribution < 1.29 is 4.79 Å². The van der Waals surface area contributed by atoms with Crippen molar-refractivity contribution in [1.82, 2.24) is 9.97 Å². The molecule has 3 aromatic rings. The third-order valence-electron chi connectivity index (χ3n) is 5.32. The van der Waals surface area contributed by atoms with Crippen molar-refractivity contribution in [3.05, 3.63) is 78.1 Å². The van der Waals surface area contributed by atoms with Crippen molar-refractivity contribution in [2.75, 3.05) is 28.2 Å². The molecule has 0 radical (unpaired) electrons. The van der Waals surface area contributed by atoms with Gasteiger partial charge < -0.3 is 10.2 Å². The average molecular weight is 371 g/mol. The Kier molecular flexibility index (Phi) is 4.16. The van der Waals surface area contributed by atoms with Gasteiger partial charge in [0.25, 0.3) is 5.91 Å². The zero-order valence-corrected chi connectivity index (χ0v) is 15.5. The number of anilines is 3. The molecule has 0 saturated carbocycles. The van der Waals surface area contributed by atoms with Crippen molar-refractivity contribution in [3.63, 3.8) is 0 Å². The molecule has 1 saturated heterocycles. The zero-order valence-electron chi connectivity index (χ0n) is 15.5. The van der Waals surface area contributed by atoms with Crippen LogP contribution in [0.2, 0.25) is 0 Å². The molecule has 2 aliphatic heterocycles. The Bertz CT molecular complexity index is 983. The summed E-state index contributed by atoms with van der Waals surface area (Å²) in [7, 11) is 0. The molecule has 0 aliphatic carbocycles. The van der Waals surface area contributed by atoms with Gasteiger partial charge in [-0.3, -0.25) is 9.69 Å². The summed E-state index contributed by atoms with van der Waals surface area (Å²) in [6.45, 7) is 2.01. The van der Waals surface area contributed by atoms with E-state index in [0.717, 1.165) is 36.0 Å². The monoisotopic (exact) mass is 371 g/mol. The molecule has 0 unspecified atom stereocenters. The van der Waals surface area contributed by atoms with Crippen molar-refractivity contribution in [2.24, 2.45) is 0 Å². The molecule has 140 valence electrons. The standard InChI is InChI=1S/C22H21N5O/c28-21-18-10-4-5-11-19(18)25-20(27(21)17-8-2-1-3-9-17)16-14-23-22(24-15-16)26-12-6-7-13-26/h1-5,8-11,14-15,20,25H,6-7,12-13H2/t20-/m0/s1. The number of hydrogen-bond donors (Lipinski definition) is 1. The number of hydrogen-bond acceptors (Lipinski definition) is 5. The normalized spacial score (nSPS) is 18.7. The van der Waals surface area contributed by atoms with Crippen LogP contribution in [0.4, 0.5) is 17.3 Å². The van der Waals surface area contributed by atoms with Gasteiger partial charge in [-0.15, -0.1) is 0 Å². The smallest absolute Gasteiger partial charge is 0.262 e. The highest BCUT2D eigenvalue weighted by Crippen LogP contribution is 2.36. The van der Waals surface area contributed by atoms with E-state index in [1.165, 1.54) is 12.8 Å². The Morgan fingerprint density at radius 2 is 1.57 bits per heavy atom. The lowest BCUT2D eigenvalue weighted by Crippen LogP contribution is -2.43. The molecule has 3 heterocycles. The predicted molar refractivity (Wildman–Crippen MR) is 110 cm³/mol. The van der Waals surface area contributed by atoms with Crippen LogP contribution in [0.5, 0.6) is 0 Å². The van der Waals surface area contributed by atoms with E-state index in [1.54, 1.807) is 4.90 Å². The van der Waals surface area contributed by atoms with Gasteiger partial charge in [-0.25, -0.2) is 9.97 Å². The molecule has 5 rings (SSSR count). The molecule has 0 spiro atoms. The number of carbonyl (C=O) groups is 1. The van der Waals surface area contributed by atoms with E-state index in [2.05, 4.69) is 20.2 Å². The minimum Gasteiger partial charge on any atom is -0.360 e. The summed E-state index contributed by atoms with van der Waals surface area (Å²) in [6, 6.07) is 17.3. The third kappa shape index (κ3) is 2.87. The maximum absolute atomic E-state index is 13.3. The molecule has 28 heavy (non-hydrogen) atoms. The van der Waals surface area contributed by atoms with E-state index in [9.17, 15) is 4.79 Å². The highest BCUT2D eigenvalue weighted by Gasteiger charge is 2.34. The summed E-state index contributed by atoms with van der Waals surface area (Å²) in [5.41, 5.74) is 3.18. The van der Waals surface area contributed by atoms with Gasteiger partial charge in [0.15, 0.2) is 0 Å². The quantitative estimate of drug-likeness (QED) is 0.758. The van der Waals surface area contributed by atoms with Crippen molar-refractivity contribution in [2.45, 2.75) is 19.0 Å². The van der Waals surface area contributed by atoms with Crippen LogP contribution in [0.25, 0.3) is 0 Å². The molecule has 6 heteroatoms. The van der Waals surface area contributed by atoms with E-state index in [4.69, 9.17) is 0 Å². The molecule has 1 amide bonds. The molecule has 1 N–H and O–H groups in total. The van der Waals surface area contributed by atoms with E-state index in [1.807, 2.05) is 67.0 Å². The van der Waals surface area contributed by atoms with Gasteiger partial charge in [0.05, 0.1) is 5.56 Å². The van der Waals surface area contributed by atoms with Gasteiger partial charge in [0.2, 0.25) is 5.95 Å². The first-order valence-electron chi connectivity index (χ1n) is 9.62. The Hall–Kier alpha value is -3.41. The molecular weight excluding hydrogens is 350 g/mol. The molecule has 2 aliphatic rings. The van der Waals surface area contributed by atoms with Crippen molar-refractivity contribution in [3.8, 4) is 0 Å². The highest BCUT2D eigenvalue weighted by atomic mass is 16.2. The van der Waals surface area contributed by atoms with E-state index >= 15 is 0 Å². The Morgan fingerprint density at radius 1 is 0.893 bits per heavy atom. The lowest BCUT2D eigenvalue weighted by Gasteiger charge is -2.37. The first-order valence-corrected chi connectivity index (χ1v) is 9.62. The second-order valence-electron chi connectivity index (χ2n) is 7.11. The van der Waals surface area contributed by atoms with Gasteiger partial charge >= 0.3 is 0 Å². The summed E-state index contributed by atoms with van der Waals surface area (Å²) in [5.74, 6) is 0.726. The van der Waals surface area contributed by atoms with Crippen LogP contribution in [0.1, 0.15) is 34.9 Å². The van der Waals surface area contributed by atoms with E-state index in [0.29, 0.717) is 5.56 Å². The Morgan fingerprint density at radius 3 is 2.32 bits per heavy atom. The van der Waals surface area contributed by atoms with Gasteiger partial charge in [0.1, 0.15) is 6.17 Å². The van der Waals surface area contributed by atoms with E-state index < -0.39 is 0 Å². The minimum absolute atomic E-state index is 0.0332. The fraction of sp³-hybridized carbons (Fsp3) is 0.227. The van der Waals surface area contributed by atoms with Crippen LogP contribution in [0.15, 0.2) is 67.0 Å². The third-order valence-corrected chi connectivity index (χ3v) is 5.32. The molecule has 1 aromatic heterocycles. The number of benzene rings is 2. The summed E-state index contributed by atoms with van der Waals surface area (Å²) in [4.78, 5) is 26.5. The number of para-hydroxylation sites is 2. The van der Waals surface area contributed by atoms with Crippen molar-refractivity contribution >= 4 is 23.2 Å². The number of aromatic nitrogens is 2. The number of nitrogens with zero attached hydrogens (tertiary/aromatic N) is 4. The van der Waals surface area contributed by atoms with Gasteiger partial charge in [-0.1, -0.05) is 30.3 Å². The molecule has 0 bridgehead atoms. The Labute approximate surface area is 163 Å². The first-order chi connectivity index (χ1) is 13.8. The number of fused-ring (bicyclic) bond motifs is 1. The zero-order chi connectivity index (χ0) is 18.9. The summed E-state index contributed by atoms with van der Waals surface area (Å²) in [5, 5.41) is 3.49. The van der Waals surface area contributed by atoms with Crippen LogP contribution in [0.3, 0.4) is 0 Å². The lowest BCUT2D eigenvalue weighted by atomic mass is 10.0. The average Bonchev–Trinajstić information content (AvgIpc) is 3.29. The van der Waals surface area contributed by atoms with Crippen LogP contribution in [0, 0.1) is 0 Å². The molecular formula is C22H21N5O. The van der Waals surface area contributed by atoms with Gasteiger partial charge in [-0.05, 0) is 37.1 Å². The van der Waals surface area contributed by atoms with Crippen LogP contribution < -0.4 is 15.1 Å².